The SMILES string of the molecule is CCOC(=O)c1cc(C(=O)c2cccc(Br)c2)n2c1cc(C)c1ccccc12. The van der Waals surface area contributed by atoms with Crippen LogP contribution in [-0.4, -0.2) is 22.8 Å². The predicted molar refractivity (Wildman–Crippen MR) is 113 cm³/mol. The summed E-state index contributed by atoms with van der Waals surface area (Å²) in [4.78, 5) is 25.9. The molecular formula is C23H18BrNO3. The van der Waals surface area contributed by atoms with Crippen LogP contribution < -0.4 is 0 Å². The molecule has 0 unspecified atom stereocenters. The second-order valence-electron chi connectivity index (χ2n) is 6.57. The smallest absolute Gasteiger partial charge is 0.340 e. The molecule has 0 atom stereocenters. The van der Waals surface area contributed by atoms with Gasteiger partial charge in [0.2, 0.25) is 5.78 Å². The summed E-state index contributed by atoms with van der Waals surface area (Å²) < 4.78 is 7.92. The fourth-order valence-corrected chi connectivity index (χ4v) is 3.93. The quantitative estimate of drug-likeness (QED) is 0.310. The molecule has 0 aliphatic carbocycles. The maximum atomic E-state index is 13.3. The average molecular weight is 436 g/mol. The lowest BCUT2D eigenvalue weighted by Gasteiger charge is -2.10. The van der Waals surface area contributed by atoms with Gasteiger partial charge < -0.3 is 9.14 Å². The molecule has 4 rings (SSSR count). The zero-order valence-electron chi connectivity index (χ0n) is 15.5. The van der Waals surface area contributed by atoms with Crippen molar-refractivity contribution in [3.05, 3.63) is 87.5 Å². The molecular weight excluding hydrogens is 418 g/mol. The van der Waals surface area contributed by atoms with Crippen LogP contribution >= 0.6 is 15.9 Å². The molecule has 0 bridgehead atoms. The summed E-state index contributed by atoms with van der Waals surface area (Å²) in [6.45, 7) is 4.04. The van der Waals surface area contributed by atoms with E-state index in [9.17, 15) is 9.59 Å². The molecule has 0 saturated carbocycles. The number of esters is 1. The van der Waals surface area contributed by atoms with Gasteiger partial charge in [-0.05, 0) is 49.7 Å². The first-order valence-electron chi connectivity index (χ1n) is 9.02. The van der Waals surface area contributed by atoms with Gasteiger partial charge in [0.25, 0.3) is 0 Å². The highest BCUT2D eigenvalue weighted by Gasteiger charge is 2.23. The van der Waals surface area contributed by atoms with E-state index in [1.54, 1.807) is 25.1 Å². The third kappa shape index (κ3) is 3.02. The van der Waals surface area contributed by atoms with Gasteiger partial charge in [0, 0.05) is 15.4 Å². The predicted octanol–water partition coefficient (Wildman–Crippen LogP) is 5.57. The number of benzene rings is 2. The van der Waals surface area contributed by atoms with Crippen molar-refractivity contribution in [2.45, 2.75) is 13.8 Å². The van der Waals surface area contributed by atoms with E-state index >= 15 is 0 Å². The van der Waals surface area contributed by atoms with Crippen LogP contribution in [0.5, 0.6) is 0 Å². The zero-order chi connectivity index (χ0) is 19.8. The normalized spacial score (nSPS) is 11.1. The summed E-state index contributed by atoms with van der Waals surface area (Å²) in [7, 11) is 0. The molecule has 0 aliphatic rings. The van der Waals surface area contributed by atoms with E-state index in [0.717, 1.165) is 20.9 Å². The average Bonchev–Trinajstić information content (AvgIpc) is 3.07. The molecule has 0 spiro atoms. The highest BCUT2D eigenvalue weighted by molar-refractivity contribution is 9.10. The third-order valence-corrected chi connectivity index (χ3v) is 5.27. The van der Waals surface area contributed by atoms with Crippen LogP contribution in [0, 0.1) is 6.92 Å². The number of halogens is 1. The van der Waals surface area contributed by atoms with Crippen molar-refractivity contribution in [3.8, 4) is 0 Å². The topological polar surface area (TPSA) is 47.8 Å². The number of nitrogens with zero attached hydrogens (tertiary/aromatic N) is 1. The lowest BCUT2D eigenvalue weighted by atomic mass is 10.1. The number of rotatable bonds is 4. The summed E-state index contributed by atoms with van der Waals surface area (Å²) in [6.07, 6.45) is 0. The number of fused-ring (bicyclic) bond motifs is 3. The van der Waals surface area contributed by atoms with Gasteiger partial charge in [-0.3, -0.25) is 4.79 Å². The van der Waals surface area contributed by atoms with E-state index in [4.69, 9.17) is 4.74 Å². The Hall–Kier alpha value is -2.92. The maximum Gasteiger partial charge on any atom is 0.340 e. The van der Waals surface area contributed by atoms with E-state index in [1.807, 2.05) is 53.8 Å². The Morgan fingerprint density at radius 3 is 2.54 bits per heavy atom. The van der Waals surface area contributed by atoms with Gasteiger partial charge in [0.05, 0.1) is 28.9 Å². The van der Waals surface area contributed by atoms with Gasteiger partial charge in [-0.15, -0.1) is 0 Å². The van der Waals surface area contributed by atoms with Crippen LogP contribution in [0.15, 0.2) is 65.1 Å². The third-order valence-electron chi connectivity index (χ3n) is 4.78. The first-order valence-corrected chi connectivity index (χ1v) is 9.81. The molecule has 2 aromatic carbocycles. The second kappa shape index (κ2) is 7.24. The van der Waals surface area contributed by atoms with Gasteiger partial charge >= 0.3 is 5.97 Å². The summed E-state index contributed by atoms with van der Waals surface area (Å²) in [6, 6.07) is 18.7. The van der Waals surface area contributed by atoms with E-state index in [2.05, 4.69) is 15.9 Å². The molecule has 28 heavy (non-hydrogen) atoms. The Balaban J connectivity index is 2.06. The summed E-state index contributed by atoms with van der Waals surface area (Å²) in [5.74, 6) is -0.580. The Kier molecular flexibility index (Phi) is 4.77. The van der Waals surface area contributed by atoms with E-state index in [0.29, 0.717) is 22.3 Å². The van der Waals surface area contributed by atoms with E-state index in [-0.39, 0.29) is 12.4 Å². The monoisotopic (exact) mass is 435 g/mol. The van der Waals surface area contributed by atoms with Crippen molar-refractivity contribution in [1.82, 2.24) is 4.40 Å². The standard InChI is InChI=1S/C23H18BrNO3/c1-3-28-23(27)18-13-21(22(26)15-7-6-8-16(24)12-15)25-19-10-5-4-9-17(19)14(2)11-20(18)25/h4-13H,3H2,1-2H3. The van der Waals surface area contributed by atoms with Crippen molar-refractivity contribution in [2.24, 2.45) is 0 Å². The van der Waals surface area contributed by atoms with Gasteiger partial charge in [0.1, 0.15) is 0 Å². The Bertz CT molecular complexity index is 1240. The van der Waals surface area contributed by atoms with E-state index in [1.165, 1.54) is 0 Å². The maximum absolute atomic E-state index is 13.3. The molecule has 5 heteroatoms. The number of ketones is 1. The number of pyridine rings is 1. The van der Waals surface area contributed by atoms with Crippen LogP contribution in [-0.2, 0) is 4.74 Å². The molecule has 4 aromatic rings. The van der Waals surface area contributed by atoms with Gasteiger partial charge in [-0.2, -0.15) is 0 Å². The van der Waals surface area contributed by atoms with Crippen molar-refractivity contribution >= 4 is 44.1 Å². The number of ether oxygens (including phenoxy) is 1. The summed E-state index contributed by atoms with van der Waals surface area (Å²) in [5, 5.41) is 1.03. The van der Waals surface area contributed by atoms with Crippen LogP contribution in [0.3, 0.4) is 0 Å². The molecule has 0 radical (unpaired) electrons. The second-order valence-corrected chi connectivity index (χ2v) is 7.48. The highest BCUT2D eigenvalue weighted by atomic mass is 79.9. The Morgan fingerprint density at radius 1 is 1.00 bits per heavy atom. The van der Waals surface area contributed by atoms with Gasteiger partial charge in [-0.25, -0.2) is 4.79 Å². The zero-order valence-corrected chi connectivity index (χ0v) is 17.1. The molecule has 0 N–H and O–H groups in total. The van der Waals surface area contributed by atoms with Crippen LogP contribution in [0.1, 0.15) is 38.9 Å². The Labute approximate surface area is 170 Å². The van der Waals surface area contributed by atoms with E-state index < -0.39 is 5.97 Å². The van der Waals surface area contributed by atoms with Crippen molar-refractivity contribution in [1.29, 1.82) is 0 Å². The first kappa shape index (κ1) is 18.4. The summed E-state index contributed by atoms with van der Waals surface area (Å²) >= 11 is 3.42. The molecule has 0 saturated heterocycles. The number of carbonyl (C=O) groups is 2. The highest BCUT2D eigenvalue weighted by Crippen LogP contribution is 2.29. The molecule has 2 heterocycles. The minimum Gasteiger partial charge on any atom is -0.462 e. The lowest BCUT2D eigenvalue weighted by molar-refractivity contribution is 0.0529. The van der Waals surface area contributed by atoms with Gasteiger partial charge in [-0.1, -0.05) is 46.3 Å². The van der Waals surface area contributed by atoms with Crippen molar-refractivity contribution < 1.29 is 14.3 Å². The minimum atomic E-state index is -0.428. The number of para-hydroxylation sites is 1. The fourth-order valence-electron chi connectivity index (χ4n) is 3.53. The number of aromatic nitrogens is 1. The molecule has 0 fully saturated rings. The number of carbonyl (C=O) groups excluding carboxylic acids is 2. The van der Waals surface area contributed by atoms with Crippen molar-refractivity contribution in [3.63, 3.8) is 0 Å². The molecule has 4 nitrogen and oxygen atoms in total. The molecule has 140 valence electrons. The summed E-state index contributed by atoms with van der Waals surface area (Å²) in [5.41, 5.74) is 3.97. The van der Waals surface area contributed by atoms with Crippen LogP contribution in [0.2, 0.25) is 0 Å². The molecule has 2 aromatic heterocycles. The largest absolute Gasteiger partial charge is 0.462 e. The van der Waals surface area contributed by atoms with Gasteiger partial charge in [0.15, 0.2) is 0 Å². The van der Waals surface area contributed by atoms with Crippen LogP contribution in [0.25, 0.3) is 16.4 Å². The molecule has 0 aliphatic heterocycles. The molecule has 0 amide bonds. The number of hydrogen-bond acceptors (Lipinski definition) is 3. The number of hydrogen-bond donors (Lipinski definition) is 0. The minimum absolute atomic E-state index is 0.152. The lowest BCUT2D eigenvalue weighted by Crippen LogP contribution is -2.06. The van der Waals surface area contributed by atoms with Crippen LogP contribution in [0.4, 0.5) is 0 Å². The number of aryl methyl sites for hydroxylation is 1. The first-order chi connectivity index (χ1) is 13.5. The van der Waals surface area contributed by atoms with Crippen molar-refractivity contribution in [2.75, 3.05) is 6.61 Å². The fraction of sp³-hybridized carbons (Fsp3) is 0.130. The Morgan fingerprint density at radius 2 is 1.79 bits per heavy atom.